The van der Waals surface area contributed by atoms with Gasteiger partial charge in [0, 0.05) is 15.7 Å². The van der Waals surface area contributed by atoms with Crippen molar-refractivity contribution in [3.05, 3.63) is 83.5 Å². The minimum Gasteiger partial charge on any atom is -0.294 e. The van der Waals surface area contributed by atoms with E-state index in [0.29, 0.717) is 34.7 Å². The molecule has 1 aliphatic rings. The fourth-order valence-corrected chi connectivity index (χ4v) is 4.38. The van der Waals surface area contributed by atoms with E-state index in [1.807, 2.05) is 48.5 Å². The Labute approximate surface area is 177 Å². The van der Waals surface area contributed by atoms with Gasteiger partial charge < -0.3 is 0 Å². The van der Waals surface area contributed by atoms with E-state index in [4.69, 9.17) is 0 Å². The molecule has 0 unspecified atom stereocenters. The number of azo groups is 1. The molecule has 1 aromatic heterocycles. The average molecular weight is 414 g/mol. The SMILES string of the molecule is CC(=O)c1c(/N=N/c2ccc(CCC3=CC(=O)C=CC3=O)cc2)sc2ccccc12. The second kappa shape index (κ2) is 8.47. The Morgan fingerprint density at radius 2 is 1.70 bits per heavy atom. The van der Waals surface area contributed by atoms with Crippen LogP contribution in [-0.2, 0) is 16.0 Å². The van der Waals surface area contributed by atoms with Crippen LogP contribution in [0.4, 0.5) is 10.7 Å². The molecule has 6 heteroatoms. The molecule has 0 aliphatic heterocycles. The summed E-state index contributed by atoms with van der Waals surface area (Å²) < 4.78 is 1.01. The predicted octanol–water partition coefficient (Wildman–Crippen LogP) is 6.09. The van der Waals surface area contributed by atoms with Crippen LogP contribution in [0, 0.1) is 0 Å². The normalized spacial score (nSPS) is 14.0. The topological polar surface area (TPSA) is 75.9 Å². The maximum atomic E-state index is 12.1. The molecule has 0 saturated heterocycles. The molecule has 0 amide bonds. The lowest BCUT2D eigenvalue weighted by molar-refractivity contribution is -0.114. The Bertz CT molecular complexity index is 1250. The summed E-state index contributed by atoms with van der Waals surface area (Å²) in [4.78, 5) is 35.3. The maximum absolute atomic E-state index is 12.1. The van der Waals surface area contributed by atoms with Crippen molar-refractivity contribution in [3.8, 4) is 0 Å². The zero-order chi connectivity index (χ0) is 21.1. The first-order valence-electron chi connectivity index (χ1n) is 9.51. The summed E-state index contributed by atoms with van der Waals surface area (Å²) >= 11 is 1.45. The van der Waals surface area contributed by atoms with Crippen molar-refractivity contribution in [1.82, 2.24) is 0 Å². The number of fused-ring (bicyclic) bond motifs is 1. The molecule has 1 aliphatic carbocycles. The summed E-state index contributed by atoms with van der Waals surface area (Å²) in [5, 5.41) is 10.1. The van der Waals surface area contributed by atoms with E-state index in [2.05, 4.69) is 10.2 Å². The first kappa shape index (κ1) is 19.8. The number of ketones is 3. The molecule has 3 aromatic rings. The van der Waals surface area contributed by atoms with Crippen LogP contribution in [0.3, 0.4) is 0 Å². The zero-order valence-corrected chi connectivity index (χ0v) is 17.1. The summed E-state index contributed by atoms with van der Waals surface area (Å²) in [6.07, 6.45) is 5.19. The summed E-state index contributed by atoms with van der Waals surface area (Å²) in [6.45, 7) is 1.54. The molecule has 0 radical (unpaired) electrons. The molecule has 1 heterocycles. The molecule has 0 spiro atoms. The molecule has 0 N–H and O–H groups in total. The third-order valence-corrected chi connectivity index (χ3v) is 5.89. The van der Waals surface area contributed by atoms with Crippen molar-refractivity contribution >= 4 is 49.5 Å². The van der Waals surface area contributed by atoms with Crippen LogP contribution in [0.15, 0.2) is 82.6 Å². The first-order chi connectivity index (χ1) is 14.5. The molecule has 2 aromatic carbocycles. The zero-order valence-electron chi connectivity index (χ0n) is 16.3. The quantitative estimate of drug-likeness (QED) is 0.278. The van der Waals surface area contributed by atoms with Crippen LogP contribution in [0.2, 0.25) is 0 Å². The van der Waals surface area contributed by atoms with E-state index in [9.17, 15) is 14.4 Å². The smallest absolute Gasteiger partial charge is 0.182 e. The van der Waals surface area contributed by atoms with E-state index >= 15 is 0 Å². The summed E-state index contributed by atoms with van der Waals surface area (Å²) in [6, 6.07) is 15.3. The van der Waals surface area contributed by atoms with Crippen molar-refractivity contribution in [2.75, 3.05) is 0 Å². The molecular formula is C24H18N2O3S. The summed E-state index contributed by atoms with van der Waals surface area (Å²) in [5.41, 5.74) is 2.85. The lowest BCUT2D eigenvalue weighted by Crippen LogP contribution is -2.08. The van der Waals surface area contributed by atoms with Gasteiger partial charge in [-0.2, -0.15) is 0 Å². The monoisotopic (exact) mass is 414 g/mol. The standard InChI is InChI=1S/C24H18N2O3S/c1-15(27)23-20-4-2-3-5-22(20)30-24(23)26-25-18-10-7-16(8-11-18)6-9-17-14-19(28)12-13-21(17)29/h2-5,7-8,10-14H,6,9H2,1H3/b26-25+. The third-order valence-electron chi connectivity index (χ3n) is 4.84. The predicted molar refractivity (Wildman–Crippen MR) is 118 cm³/mol. The largest absolute Gasteiger partial charge is 0.294 e. The number of aryl methyl sites for hydroxylation is 1. The van der Waals surface area contributed by atoms with Crippen LogP contribution in [-0.4, -0.2) is 17.3 Å². The molecule has 0 saturated carbocycles. The average Bonchev–Trinajstić information content (AvgIpc) is 3.12. The van der Waals surface area contributed by atoms with Crippen molar-refractivity contribution in [2.45, 2.75) is 19.8 Å². The number of nitrogens with zero attached hydrogens (tertiary/aromatic N) is 2. The molecule has 4 rings (SSSR count). The Hall–Kier alpha value is -3.51. The molecule has 0 bridgehead atoms. The van der Waals surface area contributed by atoms with Gasteiger partial charge in [-0.25, -0.2) is 0 Å². The lowest BCUT2D eigenvalue weighted by Gasteiger charge is -2.07. The highest BCUT2D eigenvalue weighted by atomic mass is 32.1. The van der Waals surface area contributed by atoms with Crippen LogP contribution < -0.4 is 0 Å². The summed E-state index contributed by atoms with van der Waals surface area (Å²) in [7, 11) is 0. The van der Waals surface area contributed by atoms with Gasteiger partial charge in [0.25, 0.3) is 0 Å². The van der Waals surface area contributed by atoms with Crippen molar-refractivity contribution < 1.29 is 14.4 Å². The first-order valence-corrected chi connectivity index (χ1v) is 10.3. The number of rotatable bonds is 6. The Morgan fingerprint density at radius 3 is 2.47 bits per heavy atom. The highest BCUT2D eigenvalue weighted by Gasteiger charge is 2.15. The van der Waals surface area contributed by atoms with Crippen molar-refractivity contribution in [3.63, 3.8) is 0 Å². The van der Waals surface area contributed by atoms with Gasteiger partial charge in [0.1, 0.15) is 0 Å². The Balaban J connectivity index is 1.48. The third kappa shape index (κ3) is 4.23. The van der Waals surface area contributed by atoms with Gasteiger partial charge in [-0.15, -0.1) is 21.6 Å². The van der Waals surface area contributed by atoms with E-state index in [-0.39, 0.29) is 17.3 Å². The van der Waals surface area contributed by atoms with Crippen LogP contribution in [0.1, 0.15) is 29.3 Å². The van der Waals surface area contributed by atoms with Crippen molar-refractivity contribution in [1.29, 1.82) is 0 Å². The van der Waals surface area contributed by atoms with Gasteiger partial charge >= 0.3 is 0 Å². The minimum absolute atomic E-state index is 0.0309. The van der Waals surface area contributed by atoms with E-state index in [0.717, 1.165) is 15.6 Å². The van der Waals surface area contributed by atoms with Crippen molar-refractivity contribution in [2.24, 2.45) is 10.2 Å². The highest BCUT2D eigenvalue weighted by Crippen LogP contribution is 2.38. The summed E-state index contributed by atoms with van der Waals surface area (Å²) in [5.74, 6) is -0.284. The molecule has 148 valence electrons. The van der Waals surface area contributed by atoms with E-state index < -0.39 is 0 Å². The number of Topliss-reactive ketones (excluding diaryl/α,β-unsaturated/α-hetero) is 1. The Morgan fingerprint density at radius 1 is 0.933 bits per heavy atom. The number of hydrogen-bond acceptors (Lipinski definition) is 6. The number of allylic oxidation sites excluding steroid dienone is 4. The molecule has 30 heavy (non-hydrogen) atoms. The van der Waals surface area contributed by atoms with Gasteiger partial charge in [0.05, 0.1) is 11.3 Å². The number of carbonyl (C=O) groups is 3. The van der Waals surface area contributed by atoms with Crippen LogP contribution >= 0.6 is 11.3 Å². The lowest BCUT2D eigenvalue weighted by atomic mass is 9.97. The number of benzene rings is 2. The Kier molecular flexibility index (Phi) is 5.59. The van der Waals surface area contributed by atoms with Gasteiger partial charge in [0.2, 0.25) is 0 Å². The van der Waals surface area contributed by atoms with Crippen LogP contribution in [0.25, 0.3) is 10.1 Å². The van der Waals surface area contributed by atoms with Gasteiger partial charge in [-0.3, -0.25) is 14.4 Å². The number of carbonyl (C=O) groups excluding carboxylic acids is 3. The van der Waals surface area contributed by atoms with Gasteiger partial charge in [-0.05, 0) is 61.8 Å². The van der Waals surface area contributed by atoms with Crippen LogP contribution in [0.5, 0.6) is 0 Å². The number of hydrogen-bond donors (Lipinski definition) is 0. The maximum Gasteiger partial charge on any atom is 0.182 e. The highest BCUT2D eigenvalue weighted by molar-refractivity contribution is 7.23. The molecule has 0 fully saturated rings. The fourth-order valence-electron chi connectivity index (χ4n) is 3.31. The van der Waals surface area contributed by atoms with Gasteiger partial charge in [-0.1, -0.05) is 30.3 Å². The minimum atomic E-state index is -0.147. The molecule has 0 atom stereocenters. The fraction of sp³-hybridized carbons (Fsp3) is 0.125. The van der Waals surface area contributed by atoms with E-state index in [1.54, 1.807) is 0 Å². The van der Waals surface area contributed by atoms with E-state index in [1.165, 1.54) is 36.5 Å². The molecule has 5 nitrogen and oxygen atoms in total. The second-order valence-electron chi connectivity index (χ2n) is 6.97. The second-order valence-corrected chi connectivity index (χ2v) is 8.00. The van der Waals surface area contributed by atoms with Gasteiger partial charge in [0.15, 0.2) is 22.4 Å². The number of thiophene rings is 1. The molecular weight excluding hydrogens is 396 g/mol.